The number of pyridine rings is 1. The first-order chi connectivity index (χ1) is 16.9. The number of para-hydroxylation sites is 1. The fraction of sp³-hybridized carbons (Fsp3) is 0.370. The van der Waals surface area contributed by atoms with Crippen LogP contribution in [0.5, 0.6) is 11.5 Å². The fourth-order valence-corrected chi connectivity index (χ4v) is 5.09. The minimum absolute atomic E-state index is 0.0161. The Hall–Kier alpha value is -3.04. The molecule has 2 aliphatic rings. The Morgan fingerprint density at radius 1 is 1.06 bits per heavy atom. The molecule has 0 bridgehead atoms. The molecule has 35 heavy (non-hydrogen) atoms. The molecule has 2 heterocycles. The van der Waals surface area contributed by atoms with Crippen LogP contribution in [0.3, 0.4) is 0 Å². The summed E-state index contributed by atoms with van der Waals surface area (Å²) < 4.78 is 25.9. The second-order valence-electron chi connectivity index (χ2n) is 9.35. The number of aliphatic hydroxyl groups excluding tert-OH is 2. The Bertz CT molecular complexity index is 1130. The van der Waals surface area contributed by atoms with Crippen molar-refractivity contribution >= 4 is 0 Å². The van der Waals surface area contributed by atoms with Gasteiger partial charge in [0.25, 0.3) is 5.95 Å². The summed E-state index contributed by atoms with van der Waals surface area (Å²) in [6.07, 6.45) is -2.10. The van der Waals surface area contributed by atoms with E-state index >= 15 is 0 Å². The van der Waals surface area contributed by atoms with Gasteiger partial charge in [0.05, 0.1) is 5.69 Å². The molecule has 5 rings (SSSR count). The van der Waals surface area contributed by atoms with Gasteiger partial charge in [-0.25, -0.2) is 4.98 Å². The zero-order valence-corrected chi connectivity index (χ0v) is 19.2. The van der Waals surface area contributed by atoms with E-state index in [4.69, 9.17) is 9.47 Å². The molecular formula is C27H29FN2O5. The van der Waals surface area contributed by atoms with Crippen LogP contribution < -0.4 is 9.47 Å². The van der Waals surface area contributed by atoms with Crippen molar-refractivity contribution in [2.24, 2.45) is 5.92 Å². The average molecular weight is 481 g/mol. The topological polar surface area (TPSA) is 95.3 Å². The molecule has 2 fully saturated rings. The van der Waals surface area contributed by atoms with Crippen LogP contribution in [0.4, 0.5) is 4.39 Å². The number of benzene rings is 2. The summed E-state index contributed by atoms with van der Waals surface area (Å²) in [5.74, 6) is -0.318. The summed E-state index contributed by atoms with van der Waals surface area (Å²) in [4.78, 5) is 5.76. The molecule has 0 unspecified atom stereocenters. The Balaban J connectivity index is 1.17. The number of hydrogen-bond donors (Lipinski definition) is 3. The number of aromatic nitrogens is 1. The molecule has 1 aliphatic carbocycles. The Labute approximate surface area is 203 Å². The van der Waals surface area contributed by atoms with Gasteiger partial charge in [0, 0.05) is 25.6 Å². The van der Waals surface area contributed by atoms with Crippen molar-refractivity contribution in [3.05, 3.63) is 90.0 Å². The van der Waals surface area contributed by atoms with Gasteiger partial charge in [-0.15, -0.1) is 0 Å². The zero-order chi connectivity index (χ0) is 24.4. The van der Waals surface area contributed by atoms with Crippen molar-refractivity contribution in [3.8, 4) is 11.5 Å². The lowest BCUT2D eigenvalue weighted by Gasteiger charge is -2.29. The molecule has 184 valence electrons. The highest BCUT2D eigenvalue weighted by molar-refractivity contribution is 5.25. The number of nitrogens with zero attached hydrogens (tertiary/aromatic N) is 2. The zero-order valence-electron chi connectivity index (χ0n) is 19.2. The first kappa shape index (κ1) is 23.7. The average Bonchev–Trinajstić information content (AvgIpc) is 3.29. The van der Waals surface area contributed by atoms with E-state index in [9.17, 15) is 19.7 Å². The van der Waals surface area contributed by atoms with E-state index in [1.165, 1.54) is 12.1 Å². The van der Waals surface area contributed by atoms with E-state index in [0.29, 0.717) is 18.7 Å². The van der Waals surface area contributed by atoms with Gasteiger partial charge in [-0.3, -0.25) is 4.90 Å². The normalized spacial score (nSPS) is 26.9. The van der Waals surface area contributed by atoms with Crippen molar-refractivity contribution in [2.45, 2.75) is 36.9 Å². The van der Waals surface area contributed by atoms with Crippen LogP contribution in [-0.4, -0.2) is 62.6 Å². The summed E-state index contributed by atoms with van der Waals surface area (Å²) in [5.41, 5.74) is -0.232. The smallest absolute Gasteiger partial charge is 0.255 e. The maximum Gasteiger partial charge on any atom is 0.255 e. The predicted octanol–water partition coefficient (Wildman–Crippen LogP) is 2.71. The quantitative estimate of drug-likeness (QED) is 0.427. The Morgan fingerprint density at radius 2 is 1.77 bits per heavy atom. The molecular weight excluding hydrogens is 451 g/mol. The third-order valence-electron chi connectivity index (χ3n) is 6.92. The minimum Gasteiger partial charge on any atom is -0.488 e. The number of fused-ring (bicyclic) bond motifs is 1. The highest BCUT2D eigenvalue weighted by Gasteiger charge is 2.59. The van der Waals surface area contributed by atoms with Crippen molar-refractivity contribution in [2.75, 3.05) is 19.6 Å². The second-order valence-corrected chi connectivity index (χ2v) is 9.35. The maximum absolute atomic E-state index is 14.5. The summed E-state index contributed by atoms with van der Waals surface area (Å²) in [6.45, 7) is 1.05. The van der Waals surface area contributed by atoms with Gasteiger partial charge in [-0.2, -0.15) is 4.39 Å². The largest absolute Gasteiger partial charge is 0.488 e. The second kappa shape index (κ2) is 9.91. The van der Waals surface area contributed by atoms with E-state index in [2.05, 4.69) is 4.98 Å². The molecule has 2 aromatic carbocycles. The monoisotopic (exact) mass is 480 g/mol. The van der Waals surface area contributed by atoms with E-state index < -0.39 is 29.9 Å². The molecule has 7 nitrogen and oxygen atoms in total. The van der Waals surface area contributed by atoms with Gasteiger partial charge in [-0.05, 0) is 36.2 Å². The lowest BCUT2D eigenvalue weighted by atomic mass is 9.93. The highest BCUT2D eigenvalue weighted by atomic mass is 19.1. The molecule has 3 aromatic rings. The molecule has 0 radical (unpaired) electrons. The molecule has 0 amide bonds. The maximum atomic E-state index is 14.5. The van der Waals surface area contributed by atoms with Crippen molar-refractivity contribution < 1.29 is 29.2 Å². The standard InChI is InChI=1S/C27H29FN2O5/c28-26-23(34-16-18-7-3-1-4-8-18)12-11-21(29-26)22(31)15-30-14-19-13-24(25(32)27(19,33)17-30)35-20-9-5-2-6-10-20/h1-12,19,22,24-25,31-33H,13-17H2/t19-,22+,24+,25+,27-/m0/s1. The van der Waals surface area contributed by atoms with Crippen molar-refractivity contribution in [1.29, 1.82) is 0 Å². The lowest BCUT2D eigenvalue weighted by Crippen LogP contribution is -2.49. The number of likely N-dealkylation sites (tertiary alicyclic amines) is 1. The van der Waals surface area contributed by atoms with Crippen LogP contribution in [0.25, 0.3) is 0 Å². The third-order valence-corrected chi connectivity index (χ3v) is 6.92. The molecule has 1 aromatic heterocycles. The molecule has 1 saturated heterocycles. The number of β-amino-alcohol motifs (C(OH)–C–C–N with tert-alkyl or cyclic N) is 2. The van der Waals surface area contributed by atoms with E-state index in [0.717, 1.165) is 5.56 Å². The van der Waals surface area contributed by atoms with Crippen LogP contribution in [-0.2, 0) is 6.61 Å². The minimum atomic E-state index is -1.33. The summed E-state index contributed by atoms with van der Waals surface area (Å²) >= 11 is 0. The van der Waals surface area contributed by atoms with Gasteiger partial charge in [-0.1, -0.05) is 48.5 Å². The number of hydrogen-bond acceptors (Lipinski definition) is 7. The summed E-state index contributed by atoms with van der Waals surface area (Å²) in [6, 6.07) is 21.7. The molecule has 3 N–H and O–H groups in total. The van der Waals surface area contributed by atoms with Gasteiger partial charge in [0.2, 0.25) is 0 Å². The van der Waals surface area contributed by atoms with Crippen molar-refractivity contribution in [1.82, 2.24) is 9.88 Å². The fourth-order valence-electron chi connectivity index (χ4n) is 5.09. The van der Waals surface area contributed by atoms with Gasteiger partial charge < -0.3 is 24.8 Å². The lowest BCUT2D eigenvalue weighted by molar-refractivity contribution is -0.0876. The van der Waals surface area contributed by atoms with E-state index in [1.807, 2.05) is 65.6 Å². The van der Waals surface area contributed by atoms with Crippen LogP contribution >= 0.6 is 0 Å². The number of halogens is 1. The SMILES string of the molecule is O[C@H](CN1C[C@@H]2C[C@@H](Oc3ccccc3)[C@@H](O)[C@]2(O)C1)c1ccc(OCc2ccccc2)c(F)n1. The molecule has 5 atom stereocenters. The van der Waals surface area contributed by atoms with Crippen LogP contribution in [0, 0.1) is 11.9 Å². The predicted molar refractivity (Wildman–Crippen MR) is 126 cm³/mol. The molecule has 1 saturated carbocycles. The van der Waals surface area contributed by atoms with E-state index in [1.54, 1.807) is 0 Å². The van der Waals surface area contributed by atoms with Crippen LogP contribution in [0.2, 0.25) is 0 Å². The number of aliphatic hydroxyl groups is 3. The van der Waals surface area contributed by atoms with E-state index in [-0.39, 0.29) is 37.1 Å². The number of ether oxygens (including phenoxy) is 2. The molecule has 1 aliphatic heterocycles. The highest BCUT2D eigenvalue weighted by Crippen LogP contribution is 2.43. The Morgan fingerprint density at radius 3 is 2.46 bits per heavy atom. The van der Waals surface area contributed by atoms with Crippen LogP contribution in [0.15, 0.2) is 72.8 Å². The van der Waals surface area contributed by atoms with Crippen LogP contribution in [0.1, 0.15) is 23.8 Å². The molecule has 8 heteroatoms. The first-order valence-electron chi connectivity index (χ1n) is 11.8. The van der Waals surface area contributed by atoms with Crippen molar-refractivity contribution in [3.63, 3.8) is 0 Å². The summed E-state index contributed by atoms with van der Waals surface area (Å²) in [5, 5.41) is 32.7. The first-order valence-corrected chi connectivity index (χ1v) is 11.8. The Kier molecular flexibility index (Phi) is 6.71. The van der Waals surface area contributed by atoms with Gasteiger partial charge in [0.15, 0.2) is 5.75 Å². The number of rotatable bonds is 8. The molecule has 0 spiro atoms. The van der Waals surface area contributed by atoms with Gasteiger partial charge >= 0.3 is 0 Å². The third kappa shape index (κ3) is 5.01. The van der Waals surface area contributed by atoms with Gasteiger partial charge in [0.1, 0.15) is 36.3 Å². The summed E-state index contributed by atoms with van der Waals surface area (Å²) in [7, 11) is 0.